The van der Waals surface area contributed by atoms with Gasteiger partial charge in [-0.05, 0) is 30.5 Å². The minimum Gasteiger partial charge on any atom is -0.508 e. The maximum absolute atomic E-state index is 9.62. The van der Waals surface area contributed by atoms with Gasteiger partial charge in [0.1, 0.15) is 5.75 Å². The van der Waals surface area contributed by atoms with Crippen LogP contribution in [0.1, 0.15) is 39.2 Å². The van der Waals surface area contributed by atoms with E-state index in [4.69, 9.17) is 9.73 Å². The Morgan fingerprint density at radius 1 is 1.19 bits per heavy atom. The molecule has 1 saturated heterocycles. The summed E-state index contributed by atoms with van der Waals surface area (Å²) in [6.07, 6.45) is 2.36. The number of phenolic OH excluding ortho intramolecular Hbond substituents is 1. The first kappa shape index (κ1) is 21.5. The Labute approximate surface area is 164 Å². The summed E-state index contributed by atoms with van der Waals surface area (Å²) in [6, 6.07) is 7.75. The largest absolute Gasteiger partial charge is 0.508 e. The second kappa shape index (κ2) is 11.8. The van der Waals surface area contributed by atoms with Crippen LogP contribution in [0.4, 0.5) is 0 Å². The van der Waals surface area contributed by atoms with Crippen LogP contribution in [-0.4, -0.2) is 61.4 Å². The van der Waals surface area contributed by atoms with E-state index >= 15 is 0 Å². The fraction of sp³-hybridized carbons (Fsp3) is 0.667. The number of phenols is 1. The molecule has 0 spiro atoms. The van der Waals surface area contributed by atoms with Gasteiger partial charge >= 0.3 is 0 Å². The van der Waals surface area contributed by atoms with Gasteiger partial charge in [0.2, 0.25) is 0 Å². The van der Waals surface area contributed by atoms with Crippen molar-refractivity contribution >= 4 is 5.96 Å². The van der Waals surface area contributed by atoms with Gasteiger partial charge in [0, 0.05) is 32.2 Å². The molecule has 3 N–H and O–H groups in total. The summed E-state index contributed by atoms with van der Waals surface area (Å²) in [7, 11) is 0. The van der Waals surface area contributed by atoms with Crippen LogP contribution >= 0.6 is 0 Å². The number of rotatable bonds is 9. The highest BCUT2D eigenvalue weighted by Crippen LogP contribution is 2.19. The van der Waals surface area contributed by atoms with Gasteiger partial charge in [-0.2, -0.15) is 0 Å². The lowest BCUT2D eigenvalue weighted by molar-refractivity contribution is 0.00272. The monoisotopic (exact) mass is 376 g/mol. The lowest BCUT2D eigenvalue weighted by atomic mass is 9.92. The van der Waals surface area contributed by atoms with Crippen molar-refractivity contribution in [3.8, 4) is 5.75 Å². The van der Waals surface area contributed by atoms with Crippen LogP contribution < -0.4 is 10.6 Å². The SMILES string of the molecule is CCNC(=NCc1cccc(O)c1)NCC(C(CC)CC)N1CCOCC1. The number of benzene rings is 1. The minimum absolute atomic E-state index is 0.279. The average molecular weight is 377 g/mol. The lowest BCUT2D eigenvalue weighted by Gasteiger charge is -2.39. The number of aromatic hydroxyl groups is 1. The van der Waals surface area contributed by atoms with Gasteiger partial charge in [-0.1, -0.05) is 38.8 Å². The number of hydrogen-bond acceptors (Lipinski definition) is 4. The Hall–Kier alpha value is -1.79. The van der Waals surface area contributed by atoms with Crippen molar-refractivity contribution in [3.05, 3.63) is 29.8 Å². The topological polar surface area (TPSA) is 69.1 Å². The first-order chi connectivity index (χ1) is 13.2. The third-order valence-electron chi connectivity index (χ3n) is 5.26. The molecule has 1 aromatic rings. The number of nitrogens with one attached hydrogen (secondary N) is 2. The first-order valence-corrected chi connectivity index (χ1v) is 10.3. The smallest absolute Gasteiger partial charge is 0.191 e. The molecular formula is C21H36N4O2. The maximum atomic E-state index is 9.62. The van der Waals surface area contributed by atoms with Crippen molar-refractivity contribution in [1.29, 1.82) is 0 Å². The molecule has 0 bridgehead atoms. The Morgan fingerprint density at radius 2 is 1.93 bits per heavy atom. The van der Waals surface area contributed by atoms with Crippen LogP contribution in [0.25, 0.3) is 0 Å². The van der Waals surface area contributed by atoms with E-state index in [1.54, 1.807) is 12.1 Å². The number of morpholine rings is 1. The molecular weight excluding hydrogens is 340 g/mol. The van der Waals surface area contributed by atoms with E-state index in [1.165, 1.54) is 12.8 Å². The summed E-state index contributed by atoms with van der Waals surface area (Å²) in [5, 5.41) is 16.5. The Kier molecular flexibility index (Phi) is 9.42. The van der Waals surface area contributed by atoms with Crippen LogP contribution in [0.15, 0.2) is 29.3 Å². The fourth-order valence-electron chi connectivity index (χ4n) is 3.70. The number of hydrogen-bond donors (Lipinski definition) is 3. The lowest BCUT2D eigenvalue weighted by Crippen LogP contribution is -2.53. The number of aliphatic imine (C=N–C) groups is 1. The first-order valence-electron chi connectivity index (χ1n) is 10.3. The van der Waals surface area contributed by atoms with Crippen molar-refractivity contribution in [2.75, 3.05) is 39.4 Å². The Bertz CT molecular complexity index is 569. The summed E-state index contributed by atoms with van der Waals surface area (Å²) in [5.74, 6) is 1.76. The molecule has 6 heteroatoms. The van der Waals surface area contributed by atoms with Crippen LogP contribution in [0.5, 0.6) is 5.75 Å². The second-order valence-electron chi connectivity index (χ2n) is 7.04. The Morgan fingerprint density at radius 3 is 2.56 bits per heavy atom. The molecule has 0 amide bonds. The third kappa shape index (κ3) is 7.03. The van der Waals surface area contributed by atoms with Gasteiger partial charge in [-0.3, -0.25) is 4.90 Å². The van der Waals surface area contributed by atoms with Crippen LogP contribution in [0, 0.1) is 5.92 Å². The van der Waals surface area contributed by atoms with Gasteiger partial charge in [0.25, 0.3) is 0 Å². The van der Waals surface area contributed by atoms with Crippen LogP contribution in [-0.2, 0) is 11.3 Å². The molecule has 1 aromatic carbocycles. The predicted octanol–water partition coefficient (Wildman–Crippen LogP) is 2.58. The molecule has 1 aliphatic heterocycles. The van der Waals surface area contributed by atoms with Crippen molar-refractivity contribution in [2.45, 2.75) is 46.2 Å². The normalized spacial score (nSPS) is 17.1. The highest BCUT2D eigenvalue weighted by Gasteiger charge is 2.26. The zero-order valence-electron chi connectivity index (χ0n) is 17.1. The molecule has 0 aliphatic carbocycles. The molecule has 0 saturated carbocycles. The van der Waals surface area contributed by atoms with E-state index in [9.17, 15) is 5.11 Å². The van der Waals surface area contributed by atoms with Gasteiger partial charge in [-0.15, -0.1) is 0 Å². The molecule has 1 atom stereocenters. The summed E-state index contributed by atoms with van der Waals surface area (Å²) in [4.78, 5) is 7.26. The van der Waals surface area contributed by atoms with Gasteiger partial charge in [0.15, 0.2) is 5.96 Å². The van der Waals surface area contributed by atoms with Crippen molar-refractivity contribution in [3.63, 3.8) is 0 Å². The van der Waals surface area contributed by atoms with E-state index in [1.807, 2.05) is 12.1 Å². The molecule has 1 heterocycles. The minimum atomic E-state index is 0.279. The summed E-state index contributed by atoms with van der Waals surface area (Å²) in [6.45, 7) is 12.5. The van der Waals surface area contributed by atoms with E-state index in [0.29, 0.717) is 18.5 Å². The number of nitrogens with zero attached hydrogens (tertiary/aromatic N) is 2. The van der Waals surface area contributed by atoms with Crippen LogP contribution in [0.2, 0.25) is 0 Å². The summed E-state index contributed by atoms with van der Waals surface area (Å²) < 4.78 is 5.54. The molecule has 0 aromatic heterocycles. The summed E-state index contributed by atoms with van der Waals surface area (Å²) >= 11 is 0. The number of ether oxygens (including phenoxy) is 1. The second-order valence-corrected chi connectivity index (χ2v) is 7.04. The predicted molar refractivity (Wildman–Crippen MR) is 111 cm³/mol. The molecule has 1 aliphatic rings. The van der Waals surface area contributed by atoms with E-state index in [2.05, 4.69) is 36.3 Å². The highest BCUT2D eigenvalue weighted by molar-refractivity contribution is 5.79. The third-order valence-corrected chi connectivity index (χ3v) is 5.26. The zero-order valence-corrected chi connectivity index (χ0v) is 17.1. The summed E-state index contributed by atoms with van der Waals surface area (Å²) in [5.41, 5.74) is 0.997. The molecule has 27 heavy (non-hydrogen) atoms. The van der Waals surface area contributed by atoms with Gasteiger partial charge < -0.3 is 20.5 Å². The highest BCUT2D eigenvalue weighted by atomic mass is 16.5. The van der Waals surface area contributed by atoms with E-state index in [0.717, 1.165) is 50.9 Å². The van der Waals surface area contributed by atoms with Crippen molar-refractivity contribution in [2.24, 2.45) is 10.9 Å². The zero-order chi connectivity index (χ0) is 19.5. The van der Waals surface area contributed by atoms with E-state index in [-0.39, 0.29) is 5.75 Å². The molecule has 152 valence electrons. The molecule has 1 unspecified atom stereocenters. The molecule has 6 nitrogen and oxygen atoms in total. The number of guanidine groups is 1. The van der Waals surface area contributed by atoms with E-state index < -0.39 is 0 Å². The van der Waals surface area contributed by atoms with Gasteiger partial charge in [0.05, 0.1) is 19.8 Å². The average Bonchev–Trinajstić information content (AvgIpc) is 2.70. The fourth-order valence-corrected chi connectivity index (χ4v) is 3.70. The van der Waals surface area contributed by atoms with Crippen LogP contribution in [0.3, 0.4) is 0 Å². The quantitative estimate of drug-likeness (QED) is 0.457. The standard InChI is InChI=1S/C21H36N4O2/c1-4-18(5-2)20(25-10-12-27-13-11-25)16-24-21(22-6-3)23-15-17-8-7-9-19(26)14-17/h7-9,14,18,20,26H,4-6,10-13,15-16H2,1-3H3,(H2,22,23,24). The molecule has 1 fully saturated rings. The Balaban J connectivity index is 2.02. The van der Waals surface area contributed by atoms with Crippen molar-refractivity contribution < 1.29 is 9.84 Å². The molecule has 2 rings (SSSR count). The van der Waals surface area contributed by atoms with Crippen molar-refractivity contribution in [1.82, 2.24) is 15.5 Å². The molecule has 0 radical (unpaired) electrons. The van der Waals surface area contributed by atoms with Gasteiger partial charge in [-0.25, -0.2) is 4.99 Å². The maximum Gasteiger partial charge on any atom is 0.191 e.